The zero-order valence-electron chi connectivity index (χ0n) is 14.3. The molecule has 0 amide bonds. The molecule has 2 N–H and O–H groups in total. The number of halogens is 4. The van der Waals surface area contributed by atoms with Crippen LogP contribution in [-0.2, 0) is 19.0 Å². The Bertz CT molecular complexity index is 659. The summed E-state index contributed by atoms with van der Waals surface area (Å²) < 4.78 is 42.9. The second-order valence-corrected chi connectivity index (χ2v) is 6.23. The van der Waals surface area contributed by atoms with Crippen molar-refractivity contribution in [2.24, 2.45) is 4.99 Å². The van der Waals surface area contributed by atoms with E-state index in [0.717, 1.165) is 35.3 Å². The van der Waals surface area contributed by atoms with Gasteiger partial charge in [-0.05, 0) is 18.6 Å². The summed E-state index contributed by atoms with van der Waals surface area (Å²) in [6, 6.07) is 3.74. The van der Waals surface area contributed by atoms with Crippen molar-refractivity contribution in [3.63, 3.8) is 0 Å². The van der Waals surface area contributed by atoms with Crippen molar-refractivity contribution < 1.29 is 17.6 Å². The Morgan fingerprint density at radius 1 is 1.27 bits per heavy atom. The third kappa shape index (κ3) is 7.94. The van der Waals surface area contributed by atoms with Gasteiger partial charge in [0.25, 0.3) is 0 Å². The van der Waals surface area contributed by atoms with Gasteiger partial charge in [-0.1, -0.05) is 6.92 Å². The normalized spacial score (nSPS) is 11.9. The minimum absolute atomic E-state index is 0. The van der Waals surface area contributed by atoms with Crippen LogP contribution in [0.3, 0.4) is 0 Å². The Balaban J connectivity index is 0.00000338. The summed E-state index contributed by atoms with van der Waals surface area (Å²) in [4.78, 5) is 8.02. The standard InChI is InChI=1S/C16H21F3N4OS.HI/c1-2-7-20-15(21-8-5-12-4-3-10-24-12)22-9-6-14-23-13(11-25-14)16(17,18)19;/h3-4,10-11H,2,5-9H2,1H3,(H2,20,21,22);1H. The van der Waals surface area contributed by atoms with Crippen LogP contribution < -0.4 is 10.6 Å². The molecule has 0 radical (unpaired) electrons. The number of hydrogen-bond acceptors (Lipinski definition) is 4. The number of aliphatic imine (C=N–C) groups is 1. The van der Waals surface area contributed by atoms with Crippen molar-refractivity contribution in [2.45, 2.75) is 32.4 Å². The quantitative estimate of drug-likeness (QED) is 0.324. The first kappa shape index (κ1) is 22.7. The molecular weight excluding hydrogens is 480 g/mol. The van der Waals surface area contributed by atoms with Crippen LogP contribution >= 0.6 is 35.3 Å². The van der Waals surface area contributed by atoms with Crippen LogP contribution in [0.2, 0.25) is 0 Å². The first-order chi connectivity index (χ1) is 12.0. The van der Waals surface area contributed by atoms with E-state index in [1.54, 1.807) is 6.26 Å². The van der Waals surface area contributed by atoms with Crippen LogP contribution in [0.5, 0.6) is 0 Å². The van der Waals surface area contributed by atoms with Gasteiger partial charge in [-0.2, -0.15) is 13.2 Å². The van der Waals surface area contributed by atoms with Crippen LogP contribution in [0.15, 0.2) is 33.2 Å². The molecule has 0 bridgehead atoms. The van der Waals surface area contributed by atoms with Crippen LogP contribution in [0.1, 0.15) is 29.8 Å². The van der Waals surface area contributed by atoms with Crippen LogP contribution in [0, 0.1) is 0 Å². The minimum Gasteiger partial charge on any atom is -0.469 e. The highest BCUT2D eigenvalue weighted by Crippen LogP contribution is 2.29. The summed E-state index contributed by atoms with van der Waals surface area (Å²) in [6.07, 6.45) is -0.717. The average Bonchev–Trinajstić information content (AvgIpc) is 3.23. The number of nitrogens with one attached hydrogen (secondary N) is 2. The van der Waals surface area contributed by atoms with Gasteiger partial charge < -0.3 is 15.1 Å². The lowest BCUT2D eigenvalue weighted by molar-refractivity contribution is -0.140. The first-order valence-corrected chi connectivity index (χ1v) is 8.93. The molecule has 0 aromatic carbocycles. The molecule has 0 aliphatic carbocycles. The fourth-order valence-electron chi connectivity index (χ4n) is 2.00. The Kier molecular flexibility index (Phi) is 9.99. The molecule has 0 fully saturated rings. The summed E-state index contributed by atoms with van der Waals surface area (Å²) in [5.41, 5.74) is -0.830. The van der Waals surface area contributed by atoms with Gasteiger partial charge in [0.1, 0.15) is 5.76 Å². The Morgan fingerprint density at radius 2 is 2.00 bits per heavy atom. The van der Waals surface area contributed by atoms with Gasteiger partial charge in [0.05, 0.1) is 11.3 Å². The number of hydrogen-bond donors (Lipinski definition) is 2. The number of thiazole rings is 1. The van der Waals surface area contributed by atoms with Crippen LogP contribution in [0.25, 0.3) is 0 Å². The van der Waals surface area contributed by atoms with E-state index < -0.39 is 11.9 Å². The Labute approximate surface area is 171 Å². The van der Waals surface area contributed by atoms with Gasteiger partial charge in [0.15, 0.2) is 11.7 Å². The highest BCUT2D eigenvalue weighted by molar-refractivity contribution is 14.0. The number of aromatic nitrogens is 1. The maximum absolute atomic E-state index is 12.5. The van der Waals surface area contributed by atoms with Crippen molar-refractivity contribution in [3.05, 3.63) is 40.2 Å². The maximum atomic E-state index is 12.5. The predicted molar refractivity (Wildman–Crippen MR) is 107 cm³/mol. The molecule has 0 aliphatic rings. The number of nitrogens with zero attached hydrogens (tertiary/aromatic N) is 2. The molecule has 26 heavy (non-hydrogen) atoms. The van der Waals surface area contributed by atoms with E-state index in [1.807, 2.05) is 19.1 Å². The van der Waals surface area contributed by atoms with Crippen molar-refractivity contribution in [1.29, 1.82) is 0 Å². The molecule has 0 saturated heterocycles. The van der Waals surface area contributed by atoms with Crippen molar-refractivity contribution >= 4 is 41.3 Å². The molecule has 10 heteroatoms. The average molecular weight is 502 g/mol. The van der Waals surface area contributed by atoms with E-state index in [1.165, 1.54) is 0 Å². The first-order valence-electron chi connectivity index (χ1n) is 8.05. The van der Waals surface area contributed by atoms with Gasteiger partial charge in [-0.3, -0.25) is 4.99 Å². The molecule has 146 valence electrons. The van der Waals surface area contributed by atoms with Gasteiger partial charge in [-0.15, -0.1) is 35.3 Å². The van der Waals surface area contributed by atoms with Crippen molar-refractivity contribution in [1.82, 2.24) is 15.6 Å². The largest absolute Gasteiger partial charge is 0.469 e. The Hall–Kier alpha value is -1.30. The molecule has 0 unspecified atom stereocenters. The number of alkyl halides is 3. The third-order valence-electron chi connectivity index (χ3n) is 3.21. The van der Waals surface area contributed by atoms with Gasteiger partial charge in [0.2, 0.25) is 0 Å². The summed E-state index contributed by atoms with van der Waals surface area (Å²) in [7, 11) is 0. The summed E-state index contributed by atoms with van der Waals surface area (Å²) >= 11 is 1.02. The van der Waals surface area contributed by atoms with Crippen LogP contribution in [0.4, 0.5) is 13.2 Å². The minimum atomic E-state index is -4.39. The summed E-state index contributed by atoms with van der Waals surface area (Å²) in [5.74, 6) is 1.52. The predicted octanol–water partition coefficient (Wildman–Crippen LogP) is 4.10. The monoisotopic (exact) mass is 502 g/mol. The lowest BCUT2D eigenvalue weighted by Crippen LogP contribution is -2.39. The van der Waals surface area contributed by atoms with E-state index in [0.29, 0.717) is 37.0 Å². The molecule has 0 saturated carbocycles. The zero-order chi connectivity index (χ0) is 18.1. The fourth-order valence-corrected chi connectivity index (χ4v) is 2.81. The second kappa shape index (κ2) is 11.4. The fraction of sp³-hybridized carbons (Fsp3) is 0.500. The number of guanidine groups is 1. The molecule has 2 aromatic rings. The van der Waals surface area contributed by atoms with Gasteiger partial charge in [-0.25, -0.2) is 4.98 Å². The molecule has 0 aliphatic heterocycles. The number of rotatable bonds is 8. The van der Waals surface area contributed by atoms with E-state index in [-0.39, 0.29) is 24.0 Å². The molecule has 2 rings (SSSR count). The van der Waals surface area contributed by atoms with E-state index in [9.17, 15) is 13.2 Å². The van der Waals surface area contributed by atoms with E-state index in [2.05, 4.69) is 20.6 Å². The number of furan rings is 1. The second-order valence-electron chi connectivity index (χ2n) is 5.29. The van der Waals surface area contributed by atoms with Gasteiger partial charge >= 0.3 is 6.18 Å². The topological polar surface area (TPSA) is 62.5 Å². The molecular formula is C16H22F3IN4OS. The Morgan fingerprint density at radius 3 is 2.58 bits per heavy atom. The maximum Gasteiger partial charge on any atom is 0.434 e. The van der Waals surface area contributed by atoms with Gasteiger partial charge in [0, 0.05) is 37.9 Å². The lowest BCUT2D eigenvalue weighted by atomic mass is 10.3. The van der Waals surface area contributed by atoms with E-state index >= 15 is 0 Å². The smallest absolute Gasteiger partial charge is 0.434 e. The highest BCUT2D eigenvalue weighted by atomic mass is 127. The third-order valence-corrected chi connectivity index (χ3v) is 4.12. The van der Waals surface area contributed by atoms with E-state index in [4.69, 9.17) is 4.42 Å². The molecule has 2 aromatic heterocycles. The molecule has 2 heterocycles. The van der Waals surface area contributed by atoms with Crippen molar-refractivity contribution in [2.75, 3.05) is 19.6 Å². The zero-order valence-corrected chi connectivity index (χ0v) is 17.5. The summed E-state index contributed by atoms with van der Waals surface area (Å²) in [5, 5.41) is 7.81. The lowest BCUT2D eigenvalue weighted by Gasteiger charge is -2.11. The highest BCUT2D eigenvalue weighted by Gasteiger charge is 2.33. The summed E-state index contributed by atoms with van der Waals surface area (Å²) in [6.45, 7) is 3.81. The molecule has 0 atom stereocenters. The SMILES string of the molecule is CCCN=C(NCCc1ccco1)NCCc1nc(C(F)(F)F)cs1.I. The molecule has 5 nitrogen and oxygen atoms in total. The van der Waals surface area contributed by atoms with Crippen molar-refractivity contribution in [3.8, 4) is 0 Å². The van der Waals surface area contributed by atoms with Crippen LogP contribution in [-0.4, -0.2) is 30.6 Å². The molecule has 0 spiro atoms.